The molecule has 1 saturated heterocycles. The zero-order chi connectivity index (χ0) is 17.8. The molecule has 0 atom stereocenters. The minimum absolute atomic E-state index is 0.0972. The van der Waals surface area contributed by atoms with Gasteiger partial charge in [0.05, 0.1) is 5.56 Å². The van der Waals surface area contributed by atoms with E-state index in [9.17, 15) is 4.79 Å². The number of pyridine rings is 1. The lowest BCUT2D eigenvalue weighted by atomic mass is 10.0. The molecule has 0 spiro atoms. The molecule has 1 aromatic heterocycles. The van der Waals surface area contributed by atoms with Crippen molar-refractivity contribution in [1.82, 2.24) is 9.88 Å². The van der Waals surface area contributed by atoms with Gasteiger partial charge in [0.2, 0.25) is 0 Å². The summed E-state index contributed by atoms with van der Waals surface area (Å²) in [7, 11) is 0. The molecule has 1 fully saturated rings. The summed E-state index contributed by atoms with van der Waals surface area (Å²) in [5, 5.41) is 0. The number of aromatic nitrogens is 1. The van der Waals surface area contributed by atoms with Gasteiger partial charge in [-0.05, 0) is 42.0 Å². The van der Waals surface area contributed by atoms with Crippen molar-refractivity contribution in [3.63, 3.8) is 0 Å². The molecular weight excluding hydrogens is 320 g/mol. The van der Waals surface area contributed by atoms with Gasteiger partial charge in [0.1, 0.15) is 0 Å². The van der Waals surface area contributed by atoms with Crippen molar-refractivity contribution < 1.29 is 4.79 Å². The molecule has 4 rings (SSSR count). The molecule has 1 aliphatic rings. The Labute approximate surface area is 154 Å². The molecule has 2 heterocycles. The molecule has 0 saturated carbocycles. The van der Waals surface area contributed by atoms with Crippen molar-refractivity contribution in [1.29, 1.82) is 0 Å². The molecule has 3 heteroatoms. The van der Waals surface area contributed by atoms with Gasteiger partial charge >= 0.3 is 0 Å². The van der Waals surface area contributed by atoms with Crippen LogP contribution in [0.25, 0.3) is 22.3 Å². The SMILES string of the molecule is O=C(c1cncc(-c2ccc(-c3ccccc3)cc2)c1)N1CCCCC1. The average molecular weight is 342 g/mol. The Hall–Kier alpha value is -2.94. The maximum atomic E-state index is 12.7. The fourth-order valence-electron chi connectivity index (χ4n) is 3.48. The van der Waals surface area contributed by atoms with Crippen LogP contribution < -0.4 is 0 Å². The lowest BCUT2D eigenvalue weighted by Gasteiger charge is -2.26. The van der Waals surface area contributed by atoms with E-state index in [4.69, 9.17) is 0 Å². The molecule has 130 valence electrons. The van der Waals surface area contributed by atoms with E-state index in [1.807, 2.05) is 35.4 Å². The van der Waals surface area contributed by atoms with E-state index in [1.54, 1.807) is 6.20 Å². The molecule has 0 N–H and O–H groups in total. The predicted octanol–water partition coefficient (Wildman–Crippen LogP) is 5.04. The van der Waals surface area contributed by atoms with E-state index in [0.717, 1.165) is 37.1 Å². The number of carbonyl (C=O) groups excluding carboxylic acids is 1. The van der Waals surface area contributed by atoms with E-state index in [2.05, 4.69) is 41.4 Å². The standard InChI is InChI=1S/C23H22N2O/c26-23(25-13-5-2-6-14-25)22-15-21(16-24-17-22)20-11-9-19(10-12-20)18-7-3-1-4-8-18/h1,3-4,7-12,15-17H,2,5-6,13-14H2. The van der Waals surface area contributed by atoms with Crippen LogP contribution in [0.2, 0.25) is 0 Å². The first-order valence-electron chi connectivity index (χ1n) is 9.21. The number of hydrogen-bond acceptors (Lipinski definition) is 2. The number of hydrogen-bond donors (Lipinski definition) is 0. The van der Waals surface area contributed by atoms with E-state index in [0.29, 0.717) is 5.56 Å². The molecule has 3 nitrogen and oxygen atoms in total. The van der Waals surface area contributed by atoms with Gasteiger partial charge in [0, 0.05) is 31.0 Å². The van der Waals surface area contributed by atoms with Crippen molar-refractivity contribution >= 4 is 5.91 Å². The highest BCUT2D eigenvalue weighted by molar-refractivity contribution is 5.95. The highest BCUT2D eigenvalue weighted by Crippen LogP contribution is 2.25. The Morgan fingerprint density at radius 1 is 0.731 bits per heavy atom. The number of amides is 1. The Balaban J connectivity index is 1.57. The first kappa shape index (κ1) is 16.5. The first-order chi connectivity index (χ1) is 12.8. The molecule has 2 aromatic carbocycles. The minimum Gasteiger partial charge on any atom is -0.339 e. The maximum absolute atomic E-state index is 12.7. The Bertz CT molecular complexity index is 882. The third kappa shape index (κ3) is 3.52. The summed E-state index contributed by atoms with van der Waals surface area (Å²) in [6, 6.07) is 20.7. The highest BCUT2D eigenvalue weighted by atomic mass is 16.2. The van der Waals surface area contributed by atoms with Crippen LogP contribution >= 0.6 is 0 Å². The molecule has 0 bridgehead atoms. The van der Waals surface area contributed by atoms with Gasteiger partial charge in [-0.1, -0.05) is 54.6 Å². The normalized spacial score (nSPS) is 14.2. The smallest absolute Gasteiger partial charge is 0.255 e. The summed E-state index contributed by atoms with van der Waals surface area (Å²) in [6.45, 7) is 1.71. The van der Waals surface area contributed by atoms with Crippen molar-refractivity contribution in [3.8, 4) is 22.3 Å². The largest absolute Gasteiger partial charge is 0.339 e. The Kier molecular flexibility index (Phi) is 4.78. The number of rotatable bonds is 3. The van der Waals surface area contributed by atoms with Crippen molar-refractivity contribution in [2.24, 2.45) is 0 Å². The van der Waals surface area contributed by atoms with Gasteiger partial charge in [-0.25, -0.2) is 0 Å². The van der Waals surface area contributed by atoms with Crippen LogP contribution in [0, 0.1) is 0 Å². The molecule has 0 unspecified atom stereocenters. The molecule has 0 aliphatic carbocycles. The molecule has 0 radical (unpaired) electrons. The lowest BCUT2D eigenvalue weighted by molar-refractivity contribution is 0.0724. The minimum atomic E-state index is 0.0972. The van der Waals surface area contributed by atoms with Gasteiger partial charge in [-0.15, -0.1) is 0 Å². The van der Waals surface area contributed by atoms with E-state index >= 15 is 0 Å². The van der Waals surface area contributed by atoms with Crippen LogP contribution in [0.5, 0.6) is 0 Å². The Morgan fingerprint density at radius 2 is 1.35 bits per heavy atom. The second-order valence-corrected chi connectivity index (χ2v) is 6.76. The quantitative estimate of drug-likeness (QED) is 0.668. The lowest BCUT2D eigenvalue weighted by Crippen LogP contribution is -2.35. The van der Waals surface area contributed by atoms with Gasteiger partial charge in [0.15, 0.2) is 0 Å². The Morgan fingerprint density at radius 3 is 2.04 bits per heavy atom. The summed E-state index contributed by atoms with van der Waals surface area (Å²) >= 11 is 0. The third-order valence-electron chi connectivity index (χ3n) is 4.95. The van der Waals surface area contributed by atoms with Crippen molar-refractivity contribution in [2.75, 3.05) is 13.1 Å². The van der Waals surface area contributed by atoms with Crippen LogP contribution in [0.3, 0.4) is 0 Å². The van der Waals surface area contributed by atoms with Crippen LogP contribution in [0.4, 0.5) is 0 Å². The number of likely N-dealkylation sites (tertiary alicyclic amines) is 1. The van der Waals surface area contributed by atoms with Gasteiger partial charge in [0.25, 0.3) is 5.91 Å². The van der Waals surface area contributed by atoms with E-state index in [1.165, 1.54) is 17.5 Å². The zero-order valence-electron chi connectivity index (χ0n) is 14.8. The number of piperidine rings is 1. The first-order valence-corrected chi connectivity index (χ1v) is 9.21. The molecular formula is C23H22N2O. The third-order valence-corrected chi connectivity index (χ3v) is 4.95. The molecule has 3 aromatic rings. The topological polar surface area (TPSA) is 33.2 Å². The molecule has 1 amide bonds. The van der Waals surface area contributed by atoms with Crippen LogP contribution in [-0.4, -0.2) is 28.9 Å². The summed E-state index contributed by atoms with van der Waals surface area (Å²) in [5.41, 5.74) is 5.11. The van der Waals surface area contributed by atoms with Crippen LogP contribution in [0.1, 0.15) is 29.6 Å². The van der Waals surface area contributed by atoms with Crippen LogP contribution in [-0.2, 0) is 0 Å². The summed E-state index contributed by atoms with van der Waals surface area (Å²) in [4.78, 5) is 19.0. The monoisotopic (exact) mass is 342 g/mol. The van der Waals surface area contributed by atoms with E-state index < -0.39 is 0 Å². The summed E-state index contributed by atoms with van der Waals surface area (Å²) in [5.74, 6) is 0.0972. The van der Waals surface area contributed by atoms with Crippen molar-refractivity contribution in [2.45, 2.75) is 19.3 Å². The predicted molar refractivity (Wildman–Crippen MR) is 105 cm³/mol. The van der Waals surface area contributed by atoms with Gasteiger partial charge < -0.3 is 4.90 Å². The van der Waals surface area contributed by atoms with E-state index in [-0.39, 0.29) is 5.91 Å². The zero-order valence-corrected chi connectivity index (χ0v) is 14.8. The summed E-state index contributed by atoms with van der Waals surface area (Å²) < 4.78 is 0. The fourth-order valence-corrected chi connectivity index (χ4v) is 3.48. The number of carbonyl (C=O) groups is 1. The highest BCUT2D eigenvalue weighted by Gasteiger charge is 2.18. The second kappa shape index (κ2) is 7.52. The number of nitrogens with zero attached hydrogens (tertiary/aromatic N) is 2. The number of benzene rings is 2. The van der Waals surface area contributed by atoms with Gasteiger partial charge in [-0.3, -0.25) is 9.78 Å². The van der Waals surface area contributed by atoms with Crippen LogP contribution in [0.15, 0.2) is 73.1 Å². The maximum Gasteiger partial charge on any atom is 0.255 e. The molecule has 1 aliphatic heterocycles. The van der Waals surface area contributed by atoms with Gasteiger partial charge in [-0.2, -0.15) is 0 Å². The summed E-state index contributed by atoms with van der Waals surface area (Å²) in [6.07, 6.45) is 6.92. The molecule has 26 heavy (non-hydrogen) atoms. The second-order valence-electron chi connectivity index (χ2n) is 6.76. The fraction of sp³-hybridized carbons (Fsp3) is 0.217. The van der Waals surface area contributed by atoms with Crippen molar-refractivity contribution in [3.05, 3.63) is 78.6 Å². The average Bonchev–Trinajstić information content (AvgIpc) is 2.75.